The lowest BCUT2D eigenvalue weighted by Crippen LogP contribution is -2.53. The maximum Gasteiger partial charge on any atom is 0.310 e. The summed E-state index contributed by atoms with van der Waals surface area (Å²) in [6.07, 6.45) is 1.86. The number of carbonyl (C=O) groups excluding carboxylic acids is 1. The van der Waals surface area contributed by atoms with Crippen LogP contribution >= 0.6 is 0 Å². The highest BCUT2D eigenvalue weighted by Crippen LogP contribution is 2.35. The average molecular weight is 305 g/mol. The van der Waals surface area contributed by atoms with Crippen molar-refractivity contribution in [3.05, 3.63) is 0 Å². The molecule has 0 aromatic carbocycles. The van der Waals surface area contributed by atoms with Crippen molar-refractivity contribution in [1.29, 1.82) is 0 Å². The summed E-state index contributed by atoms with van der Waals surface area (Å²) in [7, 11) is -2.18. The molecule has 2 rings (SSSR count). The van der Waals surface area contributed by atoms with Crippen LogP contribution < -0.4 is 0 Å². The topological polar surface area (TPSA) is 72.9 Å². The van der Waals surface area contributed by atoms with Gasteiger partial charge in [0.25, 0.3) is 0 Å². The van der Waals surface area contributed by atoms with E-state index in [4.69, 9.17) is 9.47 Å². The highest BCUT2D eigenvalue weighted by atomic mass is 32.2. The van der Waals surface area contributed by atoms with Crippen LogP contribution in [0.15, 0.2) is 0 Å². The van der Waals surface area contributed by atoms with Crippen LogP contribution in [-0.2, 0) is 24.3 Å². The number of rotatable bonds is 3. The summed E-state index contributed by atoms with van der Waals surface area (Å²) in [6, 6.07) is 0. The van der Waals surface area contributed by atoms with Gasteiger partial charge in [-0.2, -0.15) is 4.31 Å². The number of hydrogen-bond donors (Lipinski definition) is 0. The van der Waals surface area contributed by atoms with Gasteiger partial charge in [0.1, 0.15) is 0 Å². The van der Waals surface area contributed by atoms with Crippen LogP contribution in [0.3, 0.4) is 0 Å². The highest BCUT2D eigenvalue weighted by Gasteiger charge is 2.46. The Hall–Kier alpha value is -0.660. The number of hydrogen-bond acceptors (Lipinski definition) is 5. The van der Waals surface area contributed by atoms with Crippen LogP contribution in [0.5, 0.6) is 0 Å². The molecule has 0 N–H and O–H groups in total. The van der Waals surface area contributed by atoms with Crippen molar-refractivity contribution in [2.75, 3.05) is 26.8 Å². The Balaban J connectivity index is 2.19. The van der Waals surface area contributed by atoms with E-state index in [1.165, 1.54) is 11.4 Å². The Bertz CT molecular complexity index is 473. The molecule has 2 atom stereocenters. The first kappa shape index (κ1) is 15.7. The highest BCUT2D eigenvalue weighted by molar-refractivity contribution is 7.89. The first-order valence-electron chi connectivity index (χ1n) is 6.99. The summed E-state index contributed by atoms with van der Waals surface area (Å²) in [6.45, 7) is 4.83. The van der Waals surface area contributed by atoms with E-state index in [1.807, 2.05) is 13.8 Å². The third-order valence-electron chi connectivity index (χ3n) is 4.09. The maximum atomic E-state index is 12.8. The SMILES string of the molecule is COC(=O)C1CCCC1S(=O)(=O)N1CCOC(C)(C)C1. The lowest BCUT2D eigenvalue weighted by molar-refractivity contribution is -0.145. The molecule has 0 amide bonds. The summed E-state index contributed by atoms with van der Waals surface area (Å²) in [5.41, 5.74) is -0.481. The maximum absolute atomic E-state index is 12.8. The summed E-state index contributed by atoms with van der Waals surface area (Å²) >= 11 is 0. The van der Waals surface area contributed by atoms with Crippen molar-refractivity contribution in [1.82, 2.24) is 4.31 Å². The molecule has 0 aromatic heterocycles. The van der Waals surface area contributed by atoms with Crippen LogP contribution in [0, 0.1) is 5.92 Å². The van der Waals surface area contributed by atoms with E-state index < -0.39 is 32.8 Å². The molecule has 1 heterocycles. The van der Waals surface area contributed by atoms with Crippen molar-refractivity contribution < 1.29 is 22.7 Å². The fourth-order valence-corrected chi connectivity index (χ4v) is 5.42. The van der Waals surface area contributed by atoms with E-state index in [0.29, 0.717) is 32.5 Å². The van der Waals surface area contributed by atoms with Crippen molar-refractivity contribution in [3.8, 4) is 0 Å². The second-order valence-corrected chi connectivity index (χ2v) is 8.24. The largest absolute Gasteiger partial charge is 0.469 e. The Morgan fingerprint density at radius 1 is 1.35 bits per heavy atom. The van der Waals surface area contributed by atoms with Gasteiger partial charge in [-0.25, -0.2) is 8.42 Å². The fourth-order valence-electron chi connectivity index (χ4n) is 3.09. The first-order chi connectivity index (χ1) is 9.28. The van der Waals surface area contributed by atoms with Gasteiger partial charge in [0.05, 0.1) is 30.5 Å². The van der Waals surface area contributed by atoms with Gasteiger partial charge in [0.2, 0.25) is 10.0 Å². The van der Waals surface area contributed by atoms with E-state index in [0.717, 1.165) is 6.42 Å². The minimum Gasteiger partial charge on any atom is -0.469 e. The Labute approximate surface area is 120 Å². The Morgan fingerprint density at radius 2 is 2.05 bits per heavy atom. The molecule has 1 aliphatic heterocycles. The lowest BCUT2D eigenvalue weighted by Gasteiger charge is -2.39. The van der Waals surface area contributed by atoms with Crippen LogP contribution in [0.25, 0.3) is 0 Å². The van der Waals surface area contributed by atoms with Gasteiger partial charge < -0.3 is 9.47 Å². The van der Waals surface area contributed by atoms with Crippen molar-refractivity contribution in [3.63, 3.8) is 0 Å². The molecule has 1 saturated heterocycles. The summed E-state index contributed by atoms with van der Waals surface area (Å²) < 4.78 is 37.3. The molecule has 0 bridgehead atoms. The molecule has 1 aliphatic carbocycles. The zero-order valence-corrected chi connectivity index (χ0v) is 13.1. The second-order valence-electron chi connectivity index (χ2n) is 6.09. The van der Waals surface area contributed by atoms with Crippen LogP contribution in [0.4, 0.5) is 0 Å². The third-order valence-corrected chi connectivity index (χ3v) is 6.45. The van der Waals surface area contributed by atoms with Crippen molar-refractivity contribution >= 4 is 16.0 Å². The zero-order chi connectivity index (χ0) is 15.0. The average Bonchev–Trinajstić information content (AvgIpc) is 2.86. The number of esters is 1. The molecule has 2 fully saturated rings. The summed E-state index contributed by atoms with van der Waals surface area (Å²) in [5.74, 6) is -0.945. The van der Waals surface area contributed by atoms with Gasteiger partial charge in [-0.05, 0) is 26.7 Å². The van der Waals surface area contributed by atoms with Gasteiger partial charge in [0, 0.05) is 13.1 Å². The molecule has 0 aromatic rings. The number of methoxy groups -OCH3 is 1. The van der Waals surface area contributed by atoms with Crippen LogP contribution in [0.1, 0.15) is 33.1 Å². The molecule has 7 heteroatoms. The monoisotopic (exact) mass is 305 g/mol. The minimum absolute atomic E-state index is 0.333. The standard InChI is InChI=1S/C13H23NO5S/c1-13(2)9-14(7-8-19-13)20(16,17)11-6-4-5-10(11)12(15)18-3/h10-11H,4-9H2,1-3H3. The van der Waals surface area contributed by atoms with E-state index in [2.05, 4.69) is 0 Å². The molecular formula is C13H23NO5S. The first-order valence-corrected chi connectivity index (χ1v) is 8.49. The van der Waals surface area contributed by atoms with E-state index >= 15 is 0 Å². The number of carbonyl (C=O) groups is 1. The normalized spacial score (nSPS) is 31.1. The van der Waals surface area contributed by atoms with Gasteiger partial charge in [0.15, 0.2) is 0 Å². The zero-order valence-electron chi connectivity index (χ0n) is 12.3. The van der Waals surface area contributed by atoms with Crippen molar-refractivity contribution in [2.45, 2.75) is 44.0 Å². The molecule has 0 spiro atoms. The van der Waals surface area contributed by atoms with E-state index in [-0.39, 0.29) is 0 Å². The van der Waals surface area contributed by atoms with Crippen molar-refractivity contribution in [2.24, 2.45) is 5.92 Å². The van der Waals surface area contributed by atoms with Crippen LogP contribution in [0.2, 0.25) is 0 Å². The molecule has 6 nitrogen and oxygen atoms in total. The van der Waals surface area contributed by atoms with Crippen LogP contribution in [-0.4, -0.2) is 56.3 Å². The minimum atomic E-state index is -3.48. The molecule has 116 valence electrons. The summed E-state index contributed by atoms with van der Waals surface area (Å²) in [5, 5.41) is -0.649. The van der Waals surface area contributed by atoms with Gasteiger partial charge in [-0.1, -0.05) is 6.42 Å². The third kappa shape index (κ3) is 2.99. The fraction of sp³-hybridized carbons (Fsp3) is 0.923. The second kappa shape index (κ2) is 5.61. The predicted molar refractivity (Wildman–Crippen MR) is 73.7 cm³/mol. The number of morpholine rings is 1. The number of nitrogens with zero attached hydrogens (tertiary/aromatic N) is 1. The quantitative estimate of drug-likeness (QED) is 0.720. The Kier molecular flexibility index (Phi) is 4.41. The summed E-state index contributed by atoms with van der Waals surface area (Å²) in [4.78, 5) is 11.8. The Morgan fingerprint density at radius 3 is 2.65 bits per heavy atom. The molecule has 1 saturated carbocycles. The van der Waals surface area contributed by atoms with E-state index in [1.54, 1.807) is 0 Å². The molecule has 0 radical (unpaired) electrons. The van der Waals surface area contributed by atoms with Gasteiger partial charge in [-0.3, -0.25) is 4.79 Å². The molecule has 20 heavy (non-hydrogen) atoms. The lowest BCUT2D eigenvalue weighted by atomic mass is 10.1. The van der Waals surface area contributed by atoms with Gasteiger partial charge in [-0.15, -0.1) is 0 Å². The smallest absolute Gasteiger partial charge is 0.310 e. The van der Waals surface area contributed by atoms with Gasteiger partial charge >= 0.3 is 5.97 Å². The predicted octanol–water partition coefficient (Wildman–Crippen LogP) is 0.769. The van der Waals surface area contributed by atoms with E-state index in [9.17, 15) is 13.2 Å². The molecular weight excluding hydrogens is 282 g/mol. The number of sulfonamides is 1. The molecule has 2 unspecified atom stereocenters. The molecule has 2 aliphatic rings. The number of ether oxygens (including phenoxy) is 2.